The van der Waals surface area contributed by atoms with E-state index >= 15 is 0 Å². The van der Waals surface area contributed by atoms with E-state index in [1.165, 1.54) is 18.1 Å². The van der Waals surface area contributed by atoms with Gasteiger partial charge in [-0.2, -0.15) is 9.94 Å². The van der Waals surface area contributed by atoms with E-state index in [-0.39, 0.29) is 22.6 Å². The first kappa shape index (κ1) is 14.7. The van der Waals surface area contributed by atoms with Gasteiger partial charge >= 0.3 is 5.82 Å². The lowest BCUT2D eigenvalue weighted by Crippen LogP contribution is -2.15. The summed E-state index contributed by atoms with van der Waals surface area (Å²) in [5.41, 5.74) is 1.92. The lowest BCUT2D eigenvalue weighted by Gasteiger charge is -2.09. The molecule has 0 saturated heterocycles. The molecule has 1 N–H and O–H groups in total. The number of hydrogen-bond acceptors (Lipinski definition) is 7. The first-order valence-electron chi connectivity index (χ1n) is 7.18. The van der Waals surface area contributed by atoms with E-state index in [2.05, 4.69) is 20.4 Å². The number of aromatic nitrogens is 4. The van der Waals surface area contributed by atoms with E-state index in [1.54, 1.807) is 18.2 Å². The van der Waals surface area contributed by atoms with Crippen LogP contribution in [0, 0.1) is 21.4 Å². The van der Waals surface area contributed by atoms with Crippen LogP contribution in [0.25, 0.3) is 11.0 Å². The number of nitriles is 1. The smallest absolute Gasteiger partial charge is 0.358 e. The zero-order chi connectivity index (χ0) is 17.7. The zero-order valence-electron chi connectivity index (χ0n) is 12.8. The Morgan fingerprint density at radius 2 is 2.20 bits per heavy atom. The molecule has 1 aliphatic rings. The second kappa shape index (κ2) is 5.07. The fraction of sp³-hybridized carbons (Fsp3) is 0.133. The van der Waals surface area contributed by atoms with Gasteiger partial charge < -0.3 is 15.4 Å². The summed E-state index contributed by atoms with van der Waals surface area (Å²) in [6, 6.07) is 6.81. The van der Waals surface area contributed by atoms with E-state index < -0.39 is 16.7 Å². The number of carbonyl (C=O) groups excluding carboxylic acids is 1. The van der Waals surface area contributed by atoms with Gasteiger partial charge in [0.1, 0.15) is 17.6 Å². The third kappa shape index (κ3) is 2.03. The minimum Gasteiger partial charge on any atom is -0.358 e. The van der Waals surface area contributed by atoms with Gasteiger partial charge in [0.25, 0.3) is 0 Å². The summed E-state index contributed by atoms with van der Waals surface area (Å²) in [5.74, 6) is -1.66. The van der Waals surface area contributed by atoms with Crippen molar-refractivity contribution in [2.75, 3.05) is 5.32 Å². The summed E-state index contributed by atoms with van der Waals surface area (Å²) in [5, 5.41) is 27.1. The second-order valence-corrected chi connectivity index (χ2v) is 5.50. The van der Waals surface area contributed by atoms with Gasteiger partial charge in [-0.05, 0) is 28.7 Å². The number of carbonyl (C=O) groups is 1. The molecule has 2 aromatic heterocycles. The van der Waals surface area contributed by atoms with Crippen molar-refractivity contribution < 1.29 is 9.72 Å². The maximum absolute atomic E-state index is 12.5. The van der Waals surface area contributed by atoms with Crippen molar-refractivity contribution in [2.45, 2.75) is 5.92 Å². The van der Waals surface area contributed by atoms with E-state index in [9.17, 15) is 14.9 Å². The van der Waals surface area contributed by atoms with Crippen LogP contribution in [0.2, 0.25) is 0 Å². The van der Waals surface area contributed by atoms with Gasteiger partial charge in [0.15, 0.2) is 5.65 Å². The molecule has 0 bridgehead atoms. The SMILES string of the molecule is Cn1nc([N+](=O)[O-])c2c(C3C(=O)Nc4ccc(C#N)cc43)ncnc21. The molecule has 10 heteroatoms. The van der Waals surface area contributed by atoms with Crippen molar-refractivity contribution >= 4 is 28.4 Å². The molecule has 0 fully saturated rings. The van der Waals surface area contributed by atoms with Gasteiger partial charge in [-0.15, -0.1) is 0 Å². The molecule has 25 heavy (non-hydrogen) atoms. The minimum atomic E-state index is -0.878. The van der Waals surface area contributed by atoms with Gasteiger partial charge in [0.05, 0.1) is 29.5 Å². The number of aryl methyl sites for hydroxylation is 1. The van der Waals surface area contributed by atoms with E-state index in [0.717, 1.165) is 0 Å². The molecule has 1 atom stereocenters. The Labute approximate surface area is 139 Å². The molecule has 3 heterocycles. The molecule has 122 valence electrons. The van der Waals surface area contributed by atoms with Crippen LogP contribution in [0.15, 0.2) is 24.5 Å². The van der Waals surface area contributed by atoms with Crippen LogP contribution >= 0.6 is 0 Å². The molecule has 10 nitrogen and oxygen atoms in total. The summed E-state index contributed by atoms with van der Waals surface area (Å²) in [6.07, 6.45) is 1.24. The zero-order valence-corrected chi connectivity index (χ0v) is 12.8. The molecule has 3 aromatic rings. The van der Waals surface area contributed by atoms with E-state index in [1.807, 2.05) is 6.07 Å². The molecule has 1 aromatic carbocycles. The molecule has 0 aliphatic carbocycles. The predicted molar refractivity (Wildman–Crippen MR) is 84.6 cm³/mol. The number of benzene rings is 1. The van der Waals surface area contributed by atoms with E-state index in [4.69, 9.17) is 5.26 Å². The van der Waals surface area contributed by atoms with Crippen molar-refractivity contribution in [1.29, 1.82) is 5.26 Å². The minimum absolute atomic E-state index is 0.116. The molecular weight excluding hydrogens is 326 g/mol. The quantitative estimate of drug-likeness (QED) is 0.548. The lowest BCUT2D eigenvalue weighted by atomic mass is 9.94. The van der Waals surface area contributed by atoms with Crippen LogP contribution in [-0.2, 0) is 11.8 Å². The van der Waals surface area contributed by atoms with Crippen LogP contribution in [0.5, 0.6) is 0 Å². The lowest BCUT2D eigenvalue weighted by molar-refractivity contribution is -0.388. The molecule has 0 saturated carbocycles. The highest BCUT2D eigenvalue weighted by atomic mass is 16.6. The maximum Gasteiger partial charge on any atom is 0.401 e. The van der Waals surface area contributed by atoms with Crippen molar-refractivity contribution in [1.82, 2.24) is 19.7 Å². The number of hydrogen-bond donors (Lipinski definition) is 1. The molecular formula is C15H9N7O3. The van der Waals surface area contributed by atoms with Crippen molar-refractivity contribution in [3.8, 4) is 6.07 Å². The van der Waals surface area contributed by atoms with Crippen LogP contribution in [0.4, 0.5) is 11.5 Å². The predicted octanol–water partition coefficient (Wildman–Crippen LogP) is 1.23. The average Bonchev–Trinajstić information content (AvgIpc) is 3.11. The first-order chi connectivity index (χ1) is 12.0. The standard InChI is InChI=1S/C15H9N7O3/c1-21-13-11(14(20-21)22(24)25)12(17-6-18-13)10-8-4-7(5-16)2-3-9(8)19-15(10)23/h2-4,6,10H,1H3,(H,19,23). The van der Waals surface area contributed by atoms with Crippen LogP contribution < -0.4 is 5.32 Å². The Morgan fingerprint density at radius 3 is 2.92 bits per heavy atom. The van der Waals surface area contributed by atoms with Gasteiger partial charge in [-0.25, -0.2) is 9.97 Å². The second-order valence-electron chi connectivity index (χ2n) is 5.50. The third-order valence-electron chi connectivity index (χ3n) is 4.09. The normalized spacial score (nSPS) is 15.7. The van der Waals surface area contributed by atoms with Crippen LogP contribution in [-0.4, -0.2) is 30.6 Å². The molecule has 1 amide bonds. The van der Waals surface area contributed by atoms with Gasteiger partial charge in [0, 0.05) is 5.69 Å². The van der Waals surface area contributed by atoms with Gasteiger partial charge in [-0.3, -0.25) is 4.79 Å². The number of anilines is 1. The fourth-order valence-electron chi connectivity index (χ4n) is 3.04. The van der Waals surface area contributed by atoms with Crippen molar-refractivity contribution in [2.24, 2.45) is 7.05 Å². The Hall–Kier alpha value is -3.87. The molecule has 4 rings (SSSR count). The Bertz CT molecular complexity index is 1110. The Kier molecular flexibility index (Phi) is 2.98. The highest BCUT2D eigenvalue weighted by molar-refractivity contribution is 6.07. The first-order valence-corrected chi connectivity index (χ1v) is 7.18. The highest BCUT2D eigenvalue weighted by Crippen LogP contribution is 2.40. The number of fused-ring (bicyclic) bond motifs is 2. The maximum atomic E-state index is 12.5. The number of amides is 1. The van der Waals surface area contributed by atoms with Crippen LogP contribution in [0.1, 0.15) is 22.7 Å². The molecule has 0 radical (unpaired) electrons. The van der Waals surface area contributed by atoms with Crippen LogP contribution in [0.3, 0.4) is 0 Å². The van der Waals surface area contributed by atoms with Crippen molar-refractivity contribution in [3.63, 3.8) is 0 Å². The summed E-state index contributed by atoms with van der Waals surface area (Å²) in [6.45, 7) is 0. The van der Waals surface area contributed by atoms with Gasteiger partial charge in [-0.1, -0.05) is 0 Å². The summed E-state index contributed by atoms with van der Waals surface area (Å²) >= 11 is 0. The molecule has 0 spiro atoms. The number of nitrogens with zero attached hydrogens (tertiary/aromatic N) is 6. The van der Waals surface area contributed by atoms with Gasteiger partial charge in [0.2, 0.25) is 5.91 Å². The molecule has 1 unspecified atom stereocenters. The topological polar surface area (TPSA) is 140 Å². The fourth-order valence-corrected chi connectivity index (χ4v) is 3.04. The number of nitro groups is 1. The summed E-state index contributed by atoms with van der Waals surface area (Å²) in [7, 11) is 1.53. The number of nitrogens with one attached hydrogen (secondary N) is 1. The summed E-state index contributed by atoms with van der Waals surface area (Å²) < 4.78 is 1.28. The average molecular weight is 335 g/mol. The Balaban J connectivity index is 2.02. The van der Waals surface area contributed by atoms with Crippen molar-refractivity contribution in [3.05, 3.63) is 51.5 Å². The summed E-state index contributed by atoms with van der Waals surface area (Å²) in [4.78, 5) is 31.4. The third-order valence-corrected chi connectivity index (χ3v) is 4.09. The van der Waals surface area contributed by atoms with E-state index in [0.29, 0.717) is 16.8 Å². The largest absolute Gasteiger partial charge is 0.401 e. The number of rotatable bonds is 2. The Morgan fingerprint density at radius 1 is 1.40 bits per heavy atom. The molecule has 1 aliphatic heterocycles. The monoisotopic (exact) mass is 335 g/mol. The highest BCUT2D eigenvalue weighted by Gasteiger charge is 2.38.